The second kappa shape index (κ2) is 15.2. The summed E-state index contributed by atoms with van der Waals surface area (Å²) in [6.45, 7) is 0. The predicted octanol–water partition coefficient (Wildman–Crippen LogP) is 16.8. The van der Waals surface area contributed by atoms with E-state index in [-0.39, 0.29) is 0 Å². The lowest BCUT2D eigenvalue weighted by molar-refractivity contribution is 0.669. The van der Waals surface area contributed by atoms with E-state index in [9.17, 15) is 0 Å². The molecule has 0 spiro atoms. The van der Waals surface area contributed by atoms with Gasteiger partial charge in [0.2, 0.25) is 0 Å². The molecule has 0 aliphatic carbocycles. The zero-order valence-electron chi connectivity index (χ0n) is 37.4. The molecule has 0 radical (unpaired) electrons. The van der Waals surface area contributed by atoms with E-state index in [1.807, 2.05) is 84.6 Å². The number of rotatable bonds is 6. The Morgan fingerprint density at radius 3 is 1.64 bits per heavy atom. The van der Waals surface area contributed by atoms with Crippen molar-refractivity contribution in [3.63, 3.8) is 0 Å². The van der Waals surface area contributed by atoms with Gasteiger partial charge >= 0.3 is 0 Å². The van der Waals surface area contributed by atoms with Gasteiger partial charge in [-0.1, -0.05) is 151 Å². The van der Waals surface area contributed by atoms with E-state index in [2.05, 4.69) is 161 Å². The second-order valence-corrected chi connectivity index (χ2v) is 19.0. The molecule has 0 atom stereocenters. The van der Waals surface area contributed by atoms with Crippen LogP contribution in [0.5, 0.6) is 0 Å². The first-order valence-corrected chi connectivity index (χ1v) is 24.3. The van der Waals surface area contributed by atoms with E-state index >= 15 is 0 Å². The number of nitrogens with zero attached hydrogens (tertiary/aromatic N) is 5. The molecule has 1 aliphatic rings. The van der Waals surface area contributed by atoms with Gasteiger partial charge in [0, 0.05) is 64.5 Å². The molecule has 0 saturated heterocycles. The molecule has 0 amide bonds. The van der Waals surface area contributed by atoms with Gasteiger partial charge in [-0.05, 0) is 107 Å². The first-order chi connectivity index (χ1) is 34.7. The molecule has 4 aromatic heterocycles. The van der Waals surface area contributed by atoms with E-state index in [0.29, 0.717) is 17.5 Å². The molecule has 15 rings (SSSR count). The van der Waals surface area contributed by atoms with Gasteiger partial charge in [0.15, 0.2) is 17.5 Å². The summed E-state index contributed by atoms with van der Waals surface area (Å²) in [6.07, 6.45) is 0. The minimum absolute atomic E-state index is 0.593. The smallest absolute Gasteiger partial charge is 0.164 e. The van der Waals surface area contributed by atoms with Gasteiger partial charge in [0.05, 0.1) is 27.8 Å². The average Bonchev–Trinajstić information content (AvgIpc) is 4.09. The van der Waals surface area contributed by atoms with Crippen molar-refractivity contribution in [1.82, 2.24) is 24.1 Å². The summed E-state index contributed by atoms with van der Waals surface area (Å²) in [5, 5.41) is 6.89. The number of fused-ring (bicyclic) bond motifs is 11. The molecular formula is C63H37N5OS. The van der Waals surface area contributed by atoms with Crippen molar-refractivity contribution >= 4 is 77.3 Å². The maximum Gasteiger partial charge on any atom is 0.164 e. The van der Waals surface area contributed by atoms with Crippen LogP contribution in [0.1, 0.15) is 0 Å². The van der Waals surface area contributed by atoms with Crippen LogP contribution in [0.2, 0.25) is 0 Å². The summed E-state index contributed by atoms with van der Waals surface area (Å²) in [4.78, 5) is 17.7. The molecule has 1 aliphatic heterocycles. The molecule has 5 heterocycles. The highest BCUT2D eigenvalue weighted by Gasteiger charge is 2.25. The Morgan fingerprint density at radius 2 is 0.914 bits per heavy atom. The van der Waals surface area contributed by atoms with Crippen molar-refractivity contribution in [3.05, 3.63) is 224 Å². The molecule has 0 fully saturated rings. The number of benzene rings is 10. The zero-order valence-corrected chi connectivity index (χ0v) is 38.2. The fraction of sp³-hybridized carbons (Fsp3) is 0. The lowest BCUT2D eigenvalue weighted by Crippen LogP contribution is -2.01. The molecule has 0 N–H and O–H groups in total. The van der Waals surface area contributed by atoms with Crippen molar-refractivity contribution < 1.29 is 4.42 Å². The van der Waals surface area contributed by atoms with Crippen molar-refractivity contribution in [2.24, 2.45) is 0 Å². The number of para-hydroxylation sites is 3. The minimum Gasteiger partial charge on any atom is -0.456 e. The van der Waals surface area contributed by atoms with Crippen LogP contribution < -0.4 is 0 Å². The average molecular weight is 912 g/mol. The van der Waals surface area contributed by atoms with Crippen LogP contribution in [-0.4, -0.2) is 24.1 Å². The Bertz CT molecular complexity index is 4380. The standard InChI is InChI=1S/C63H37N5OS/c1-4-15-38(16-5-1)61-64-62(39-17-6-2-7-18-39)66-63(65-61)46-22-14-25-56-59(46)50-35-41(29-32-55(50)69-56)40-27-30-52-47(33-40)48-34-42(28-31-53(48)67(52)44-19-8-3-9-20-44)43-36-49-45-21-10-11-23-51(45)68-54-24-12-13-26-57(54)70-58(37-43)60(49)68/h1-37H. The molecule has 10 aromatic carbocycles. The molecule has 6 nitrogen and oxygen atoms in total. The lowest BCUT2D eigenvalue weighted by Gasteiger charge is -2.20. The number of furan rings is 1. The van der Waals surface area contributed by atoms with E-state index in [1.54, 1.807) is 0 Å². The highest BCUT2D eigenvalue weighted by Crippen LogP contribution is 2.49. The van der Waals surface area contributed by atoms with Crippen molar-refractivity contribution in [2.45, 2.75) is 9.79 Å². The summed E-state index contributed by atoms with van der Waals surface area (Å²) >= 11 is 1.87. The minimum atomic E-state index is 0.593. The summed E-state index contributed by atoms with van der Waals surface area (Å²) in [6, 6.07) is 79.8. The predicted molar refractivity (Wildman–Crippen MR) is 287 cm³/mol. The topological polar surface area (TPSA) is 61.7 Å². The molecule has 70 heavy (non-hydrogen) atoms. The molecular weight excluding hydrogens is 875 g/mol. The van der Waals surface area contributed by atoms with E-state index in [0.717, 1.165) is 66.5 Å². The van der Waals surface area contributed by atoms with Crippen molar-refractivity contribution in [2.75, 3.05) is 0 Å². The van der Waals surface area contributed by atoms with Crippen LogP contribution in [0.3, 0.4) is 0 Å². The molecule has 0 saturated carbocycles. The summed E-state index contributed by atoms with van der Waals surface area (Å²) < 4.78 is 11.4. The lowest BCUT2D eigenvalue weighted by atomic mass is 9.98. The summed E-state index contributed by atoms with van der Waals surface area (Å²) in [5.74, 6) is 1.83. The summed E-state index contributed by atoms with van der Waals surface area (Å²) in [5.41, 5.74) is 16.1. The van der Waals surface area contributed by atoms with E-state index in [4.69, 9.17) is 19.4 Å². The molecule has 7 heteroatoms. The first kappa shape index (κ1) is 39.0. The number of hydrogen-bond acceptors (Lipinski definition) is 5. The fourth-order valence-electron chi connectivity index (χ4n) is 10.8. The van der Waals surface area contributed by atoms with Crippen LogP contribution >= 0.6 is 11.8 Å². The highest BCUT2D eigenvalue weighted by molar-refractivity contribution is 7.99. The highest BCUT2D eigenvalue weighted by atomic mass is 32.2. The van der Waals surface area contributed by atoms with Crippen LogP contribution in [0.25, 0.3) is 133 Å². The van der Waals surface area contributed by atoms with Crippen LogP contribution in [0, 0.1) is 0 Å². The van der Waals surface area contributed by atoms with Gasteiger partial charge < -0.3 is 13.6 Å². The zero-order chi connectivity index (χ0) is 45.9. The van der Waals surface area contributed by atoms with Crippen LogP contribution in [-0.2, 0) is 0 Å². The third-order valence-corrected chi connectivity index (χ3v) is 15.0. The number of aromatic nitrogens is 5. The SMILES string of the molecule is c1ccc(-c2nc(-c3ccccc3)nc(-c3cccc4oc5ccc(-c6ccc7c(c6)c6cc(-c8cc9c%10c(c8)c8ccccc8n%10-c8ccccc8S9)ccc6n7-c6ccccc6)cc5c34)n2)cc1. The Kier molecular flexibility index (Phi) is 8.49. The van der Waals surface area contributed by atoms with Crippen molar-refractivity contribution in [1.29, 1.82) is 0 Å². The Balaban J connectivity index is 0.907. The van der Waals surface area contributed by atoms with Gasteiger partial charge in [-0.15, -0.1) is 0 Å². The quantitative estimate of drug-likeness (QED) is 0.166. The second-order valence-electron chi connectivity index (χ2n) is 18.0. The maximum absolute atomic E-state index is 6.58. The largest absolute Gasteiger partial charge is 0.456 e. The van der Waals surface area contributed by atoms with E-state index in [1.165, 1.54) is 59.2 Å². The van der Waals surface area contributed by atoms with Crippen LogP contribution in [0.4, 0.5) is 0 Å². The van der Waals surface area contributed by atoms with Gasteiger partial charge in [-0.3, -0.25) is 0 Å². The Morgan fingerprint density at radius 1 is 0.343 bits per heavy atom. The summed E-state index contributed by atoms with van der Waals surface area (Å²) in [7, 11) is 0. The molecule has 0 unspecified atom stereocenters. The first-order valence-electron chi connectivity index (χ1n) is 23.5. The van der Waals surface area contributed by atoms with Crippen LogP contribution in [0.15, 0.2) is 239 Å². The Labute approximate surface area is 405 Å². The monoisotopic (exact) mass is 911 g/mol. The van der Waals surface area contributed by atoms with E-state index < -0.39 is 0 Å². The molecule has 0 bridgehead atoms. The fourth-order valence-corrected chi connectivity index (χ4v) is 11.9. The molecule has 14 aromatic rings. The maximum atomic E-state index is 6.58. The van der Waals surface area contributed by atoms with Crippen molar-refractivity contribution in [3.8, 4) is 67.8 Å². The van der Waals surface area contributed by atoms with Gasteiger partial charge in [-0.25, -0.2) is 15.0 Å². The third-order valence-electron chi connectivity index (χ3n) is 13.9. The van der Waals surface area contributed by atoms with Gasteiger partial charge in [0.25, 0.3) is 0 Å². The molecule has 326 valence electrons. The normalized spacial score (nSPS) is 12.2. The third kappa shape index (κ3) is 5.98. The Hall–Kier alpha value is -9.04. The van der Waals surface area contributed by atoms with Gasteiger partial charge in [0.1, 0.15) is 11.2 Å². The van der Waals surface area contributed by atoms with Gasteiger partial charge in [-0.2, -0.15) is 0 Å². The number of hydrogen-bond donors (Lipinski definition) is 0.